The zero-order chi connectivity index (χ0) is 7.52. The van der Waals surface area contributed by atoms with Gasteiger partial charge in [0.15, 0.2) is 6.23 Å². The molecule has 2 rings (SSSR count). The SMILES string of the molecule is c1cn(C2CCCCO2)nn1. The monoisotopic (exact) mass is 153 g/mol. The summed E-state index contributed by atoms with van der Waals surface area (Å²) in [4.78, 5) is 0. The van der Waals surface area contributed by atoms with Gasteiger partial charge in [-0.25, -0.2) is 4.68 Å². The zero-order valence-corrected chi connectivity index (χ0v) is 6.31. The van der Waals surface area contributed by atoms with Crippen molar-refractivity contribution in [2.75, 3.05) is 6.61 Å². The zero-order valence-electron chi connectivity index (χ0n) is 6.31. The molecule has 1 aliphatic rings. The summed E-state index contributed by atoms with van der Waals surface area (Å²) in [5.74, 6) is 0. The van der Waals surface area contributed by atoms with E-state index in [1.165, 1.54) is 12.8 Å². The van der Waals surface area contributed by atoms with Crippen molar-refractivity contribution in [1.29, 1.82) is 0 Å². The molecule has 0 radical (unpaired) electrons. The van der Waals surface area contributed by atoms with E-state index in [1.54, 1.807) is 10.9 Å². The summed E-state index contributed by atoms with van der Waals surface area (Å²) < 4.78 is 7.26. The van der Waals surface area contributed by atoms with E-state index in [9.17, 15) is 0 Å². The van der Waals surface area contributed by atoms with E-state index < -0.39 is 0 Å². The third kappa shape index (κ3) is 1.40. The molecule has 1 unspecified atom stereocenters. The van der Waals surface area contributed by atoms with Crippen LogP contribution in [0, 0.1) is 0 Å². The lowest BCUT2D eigenvalue weighted by atomic mass is 10.2. The molecule has 11 heavy (non-hydrogen) atoms. The lowest BCUT2D eigenvalue weighted by Crippen LogP contribution is -2.18. The summed E-state index contributed by atoms with van der Waals surface area (Å²) in [5, 5.41) is 7.61. The molecule has 0 aliphatic carbocycles. The van der Waals surface area contributed by atoms with Crippen LogP contribution in [0.25, 0.3) is 0 Å². The third-order valence-electron chi connectivity index (χ3n) is 1.89. The first kappa shape index (κ1) is 6.79. The summed E-state index contributed by atoms with van der Waals surface area (Å²) in [7, 11) is 0. The molecule has 4 heteroatoms. The molecule has 1 aromatic heterocycles. The van der Waals surface area contributed by atoms with Crippen LogP contribution in [0.1, 0.15) is 25.5 Å². The summed E-state index contributed by atoms with van der Waals surface area (Å²) >= 11 is 0. The van der Waals surface area contributed by atoms with Gasteiger partial charge in [0.05, 0.1) is 6.20 Å². The van der Waals surface area contributed by atoms with Crippen LogP contribution in [0.3, 0.4) is 0 Å². The Labute approximate surface area is 65.2 Å². The second-order valence-corrected chi connectivity index (χ2v) is 2.70. The maximum Gasteiger partial charge on any atom is 0.151 e. The summed E-state index contributed by atoms with van der Waals surface area (Å²) in [6, 6.07) is 0. The van der Waals surface area contributed by atoms with Crippen LogP contribution in [0.4, 0.5) is 0 Å². The molecule has 0 saturated carbocycles. The van der Waals surface area contributed by atoms with E-state index in [1.807, 2.05) is 6.20 Å². The lowest BCUT2D eigenvalue weighted by Gasteiger charge is -2.21. The molecule has 1 fully saturated rings. The van der Waals surface area contributed by atoms with E-state index in [-0.39, 0.29) is 6.23 Å². The Morgan fingerprint density at radius 2 is 2.45 bits per heavy atom. The Bertz CT molecular complexity index is 203. The molecule has 1 atom stereocenters. The van der Waals surface area contributed by atoms with Gasteiger partial charge in [-0.05, 0) is 19.3 Å². The molecule has 2 heterocycles. The van der Waals surface area contributed by atoms with E-state index in [0.29, 0.717) is 0 Å². The molecule has 0 bridgehead atoms. The molecule has 0 spiro atoms. The molecular weight excluding hydrogens is 142 g/mol. The third-order valence-corrected chi connectivity index (χ3v) is 1.89. The maximum absolute atomic E-state index is 5.48. The van der Waals surface area contributed by atoms with Crippen molar-refractivity contribution in [2.45, 2.75) is 25.5 Å². The quantitative estimate of drug-likeness (QED) is 0.603. The van der Waals surface area contributed by atoms with Crippen molar-refractivity contribution in [3.63, 3.8) is 0 Å². The van der Waals surface area contributed by atoms with E-state index in [4.69, 9.17) is 4.74 Å². The summed E-state index contributed by atoms with van der Waals surface area (Å²) in [6.45, 7) is 0.852. The molecule has 4 nitrogen and oxygen atoms in total. The van der Waals surface area contributed by atoms with Gasteiger partial charge in [0.2, 0.25) is 0 Å². The van der Waals surface area contributed by atoms with Crippen LogP contribution in [-0.4, -0.2) is 21.6 Å². The topological polar surface area (TPSA) is 39.9 Å². The lowest BCUT2D eigenvalue weighted by molar-refractivity contribution is -0.0404. The Balaban J connectivity index is 2.04. The first-order valence-corrected chi connectivity index (χ1v) is 3.94. The van der Waals surface area contributed by atoms with Crippen molar-refractivity contribution in [3.8, 4) is 0 Å². The van der Waals surface area contributed by atoms with Crippen molar-refractivity contribution in [2.24, 2.45) is 0 Å². The Morgan fingerprint density at radius 1 is 1.45 bits per heavy atom. The summed E-state index contributed by atoms with van der Waals surface area (Å²) in [5.41, 5.74) is 0. The van der Waals surface area contributed by atoms with Gasteiger partial charge in [-0.15, -0.1) is 5.10 Å². The molecule has 0 amide bonds. The summed E-state index contributed by atoms with van der Waals surface area (Å²) in [6.07, 6.45) is 7.11. The number of rotatable bonds is 1. The Kier molecular flexibility index (Phi) is 1.85. The fourth-order valence-electron chi connectivity index (χ4n) is 1.30. The van der Waals surface area contributed by atoms with Crippen LogP contribution >= 0.6 is 0 Å². The minimum absolute atomic E-state index is 0.131. The second-order valence-electron chi connectivity index (χ2n) is 2.70. The average Bonchev–Trinajstić information content (AvgIpc) is 2.58. The smallest absolute Gasteiger partial charge is 0.151 e. The fraction of sp³-hybridized carbons (Fsp3) is 0.714. The van der Waals surface area contributed by atoms with E-state index in [0.717, 1.165) is 13.0 Å². The van der Waals surface area contributed by atoms with Crippen molar-refractivity contribution in [3.05, 3.63) is 12.4 Å². The van der Waals surface area contributed by atoms with Crippen LogP contribution in [0.2, 0.25) is 0 Å². The highest BCUT2D eigenvalue weighted by Crippen LogP contribution is 2.20. The van der Waals surface area contributed by atoms with Gasteiger partial charge in [-0.3, -0.25) is 0 Å². The van der Waals surface area contributed by atoms with Crippen LogP contribution in [0.5, 0.6) is 0 Å². The van der Waals surface area contributed by atoms with Crippen molar-refractivity contribution in [1.82, 2.24) is 15.0 Å². The molecule has 0 N–H and O–H groups in total. The largest absolute Gasteiger partial charge is 0.356 e. The molecular formula is C7H11N3O. The normalized spacial score (nSPS) is 25.3. The van der Waals surface area contributed by atoms with Gasteiger partial charge in [0.25, 0.3) is 0 Å². The Hall–Kier alpha value is -0.900. The Morgan fingerprint density at radius 3 is 3.09 bits per heavy atom. The molecule has 0 aromatic carbocycles. The van der Waals surface area contributed by atoms with Crippen LogP contribution in [-0.2, 0) is 4.74 Å². The first-order chi connectivity index (χ1) is 5.47. The minimum atomic E-state index is 0.131. The van der Waals surface area contributed by atoms with Crippen LogP contribution in [0.15, 0.2) is 12.4 Å². The standard InChI is InChI=1S/C7H11N3O/c1-2-6-11-7(3-1)10-5-4-8-9-10/h4-5,7H,1-3,6H2. The van der Waals surface area contributed by atoms with Crippen molar-refractivity contribution < 1.29 is 4.74 Å². The first-order valence-electron chi connectivity index (χ1n) is 3.94. The van der Waals surface area contributed by atoms with Gasteiger partial charge in [0, 0.05) is 12.8 Å². The average molecular weight is 153 g/mol. The van der Waals surface area contributed by atoms with Crippen LogP contribution < -0.4 is 0 Å². The fourth-order valence-corrected chi connectivity index (χ4v) is 1.30. The van der Waals surface area contributed by atoms with E-state index >= 15 is 0 Å². The predicted molar refractivity (Wildman–Crippen MR) is 38.9 cm³/mol. The molecule has 1 aromatic rings. The van der Waals surface area contributed by atoms with Gasteiger partial charge < -0.3 is 4.74 Å². The van der Waals surface area contributed by atoms with Gasteiger partial charge in [0.1, 0.15) is 0 Å². The molecule has 1 saturated heterocycles. The van der Waals surface area contributed by atoms with Gasteiger partial charge >= 0.3 is 0 Å². The highest BCUT2D eigenvalue weighted by atomic mass is 16.5. The number of hydrogen-bond acceptors (Lipinski definition) is 3. The minimum Gasteiger partial charge on any atom is -0.356 e. The van der Waals surface area contributed by atoms with E-state index in [2.05, 4.69) is 10.3 Å². The van der Waals surface area contributed by atoms with Gasteiger partial charge in [-0.1, -0.05) is 5.21 Å². The highest BCUT2D eigenvalue weighted by molar-refractivity contribution is 4.69. The molecule has 60 valence electrons. The number of hydrogen-bond donors (Lipinski definition) is 0. The second kappa shape index (κ2) is 3.00. The highest BCUT2D eigenvalue weighted by Gasteiger charge is 2.15. The van der Waals surface area contributed by atoms with Crippen molar-refractivity contribution >= 4 is 0 Å². The number of aromatic nitrogens is 3. The number of ether oxygens (including phenoxy) is 1. The molecule has 1 aliphatic heterocycles. The number of nitrogens with zero attached hydrogens (tertiary/aromatic N) is 3. The van der Waals surface area contributed by atoms with Gasteiger partial charge in [-0.2, -0.15) is 0 Å². The maximum atomic E-state index is 5.48. The predicted octanol–water partition coefficient (Wildman–Crippen LogP) is 0.977.